The zero-order valence-corrected chi connectivity index (χ0v) is 18.9. The van der Waals surface area contributed by atoms with Crippen LogP contribution in [0.2, 0.25) is 0 Å². The molecule has 1 aliphatic heterocycles. The molecule has 0 unspecified atom stereocenters. The number of carbonyl (C=O) groups is 1. The Morgan fingerprint density at radius 3 is 2.73 bits per heavy atom. The van der Waals surface area contributed by atoms with Gasteiger partial charge >= 0.3 is 0 Å². The van der Waals surface area contributed by atoms with E-state index < -0.39 is 5.60 Å². The second-order valence-corrected chi connectivity index (χ2v) is 8.97. The predicted molar refractivity (Wildman–Crippen MR) is 117 cm³/mol. The zero-order chi connectivity index (χ0) is 21.7. The minimum atomic E-state index is -1.04. The molecule has 1 N–H and O–H groups in total. The molecule has 0 bridgehead atoms. The molecule has 30 heavy (non-hydrogen) atoms. The highest BCUT2D eigenvalue weighted by molar-refractivity contribution is 5.88. The molecule has 1 aliphatic rings. The highest BCUT2D eigenvalue weighted by atomic mass is 16.5. The molecule has 0 atom stereocenters. The lowest BCUT2D eigenvalue weighted by Gasteiger charge is -2.29. The summed E-state index contributed by atoms with van der Waals surface area (Å²) in [6, 6.07) is 6.27. The van der Waals surface area contributed by atoms with Gasteiger partial charge in [0.05, 0.1) is 17.5 Å². The minimum Gasteiger partial charge on any atom is -0.460 e. The van der Waals surface area contributed by atoms with Crippen LogP contribution in [0.25, 0.3) is 10.9 Å². The number of hydrogen-bond acceptors (Lipinski definition) is 5. The molecule has 1 aromatic carbocycles. The van der Waals surface area contributed by atoms with Crippen LogP contribution in [-0.4, -0.2) is 47.7 Å². The molecule has 1 aromatic heterocycles. The fraction of sp³-hybridized carbons (Fsp3) is 0.652. The molecule has 0 radical (unpaired) electrons. The summed E-state index contributed by atoms with van der Waals surface area (Å²) in [4.78, 5) is 12.9. The molecule has 7 heteroatoms. The third-order valence-electron chi connectivity index (χ3n) is 5.47. The molecule has 0 saturated carbocycles. The van der Waals surface area contributed by atoms with E-state index in [9.17, 15) is 4.79 Å². The smallest absolute Gasteiger partial charge is 0.263 e. The maximum absolute atomic E-state index is 12.9. The van der Waals surface area contributed by atoms with E-state index in [0.717, 1.165) is 42.3 Å². The largest absolute Gasteiger partial charge is 0.460 e. The van der Waals surface area contributed by atoms with E-state index in [4.69, 9.17) is 19.3 Å². The van der Waals surface area contributed by atoms with Crippen molar-refractivity contribution in [2.75, 3.05) is 20.3 Å². The van der Waals surface area contributed by atoms with Gasteiger partial charge < -0.3 is 19.5 Å². The summed E-state index contributed by atoms with van der Waals surface area (Å²) in [6.07, 6.45) is 2.67. The Hall–Kier alpha value is -2.12. The van der Waals surface area contributed by atoms with Gasteiger partial charge in [0, 0.05) is 32.9 Å². The number of benzene rings is 1. The molecule has 1 saturated heterocycles. The van der Waals surface area contributed by atoms with E-state index in [1.54, 1.807) is 21.0 Å². The Morgan fingerprint density at radius 1 is 1.33 bits per heavy atom. The van der Waals surface area contributed by atoms with Crippen molar-refractivity contribution in [2.45, 2.75) is 71.8 Å². The Balaban J connectivity index is 1.84. The van der Waals surface area contributed by atoms with Crippen molar-refractivity contribution >= 4 is 16.8 Å². The Morgan fingerprint density at radius 2 is 2.07 bits per heavy atom. The number of fused-ring (bicyclic) bond motifs is 1. The van der Waals surface area contributed by atoms with E-state index in [1.165, 1.54) is 0 Å². The molecule has 1 amide bonds. The average Bonchev–Trinajstić information content (AvgIpc) is 3.03. The van der Waals surface area contributed by atoms with Crippen LogP contribution in [0.4, 0.5) is 0 Å². The summed E-state index contributed by atoms with van der Waals surface area (Å²) in [5.74, 6) is 0.925. The fourth-order valence-corrected chi connectivity index (χ4v) is 3.57. The van der Waals surface area contributed by atoms with Gasteiger partial charge in [-0.3, -0.25) is 9.48 Å². The number of methoxy groups -OCH3 is 1. The van der Waals surface area contributed by atoms with Gasteiger partial charge in [-0.25, -0.2) is 0 Å². The van der Waals surface area contributed by atoms with Crippen molar-refractivity contribution in [3.05, 3.63) is 23.8 Å². The lowest BCUT2D eigenvalue weighted by atomic mass is 10.0. The molecule has 0 aliphatic carbocycles. The van der Waals surface area contributed by atoms with Crippen LogP contribution in [0.5, 0.6) is 5.88 Å². The van der Waals surface area contributed by atoms with Gasteiger partial charge in [0.1, 0.15) is 0 Å². The zero-order valence-electron chi connectivity index (χ0n) is 18.9. The first kappa shape index (κ1) is 22.6. The summed E-state index contributed by atoms with van der Waals surface area (Å²) >= 11 is 0. The number of aromatic nitrogens is 2. The number of hydrogen-bond donors (Lipinski definition) is 1. The SMILES string of the molecule is COCc1ccc2c(c1)c(OC(C)(C)C(=O)NC1CCOCC1)nn2CCC(C)C. The second-order valence-electron chi connectivity index (χ2n) is 8.97. The maximum atomic E-state index is 12.9. The van der Waals surface area contributed by atoms with Gasteiger partial charge in [-0.2, -0.15) is 0 Å². The Bertz CT molecular complexity index is 853. The van der Waals surface area contributed by atoms with Gasteiger partial charge in [0.25, 0.3) is 5.91 Å². The van der Waals surface area contributed by atoms with Crippen LogP contribution in [0, 0.1) is 5.92 Å². The van der Waals surface area contributed by atoms with Crippen LogP contribution in [0.1, 0.15) is 52.5 Å². The predicted octanol–water partition coefficient (Wildman–Crippen LogP) is 3.68. The molecular formula is C23H35N3O4. The van der Waals surface area contributed by atoms with Crippen LogP contribution in [-0.2, 0) is 27.4 Å². The van der Waals surface area contributed by atoms with E-state index in [2.05, 4.69) is 25.2 Å². The van der Waals surface area contributed by atoms with Crippen molar-refractivity contribution < 1.29 is 19.0 Å². The summed E-state index contributed by atoms with van der Waals surface area (Å²) in [6.45, 7) is 10.7. The van der Waals surface area contributed by atoms with Crippen LogP contribution in [0.15, 0.2) is 18.2 Å². The second kappa shape index (κ2) is 9.79. The average molecular weight is 418 g/mol. The number of rotatable bonds is 9. The Labute approximate surface area is 179 Å². The third kappa shape index (κ3) is 5.52. The van der Waals surface area contributed by atoms with Gasteiger partial charge in [-0.1, -0.05) is 19.9 Å². The van der Waals surface area contributed by atoms with Crippen molar-refractivity contribution in [1.29, 1.82) is 0 Å². The van der Waals surface area contributed by atoms with Gasteiger partial charge in [0.2, 0.25) is 5.88 Å². The van der Waals surface area contributed by atoms with Gasteiger partial charge in [0.15, 0.2) is 5.60 Å². The highest BCUT2D eigenvalue weighted by Crippen LogP contribution is 2.30. The van der Waals surface area contributed by atoms with Crippen molar-refractivity contribution in [2.24, 2.45) is 5.92 Å². The normalized spacial score (nSPS) is 15.7. The first-order valence-electron chi connectivity index (χ1n) is 10.9. The first-order chi connectivity index (χ1) is 14.3. The number of nitrogens with one attached hydrogen (secondary N) is 1. The van der Waals surface area contributed by atoms with Gasteiger partial charge in [-0.15, -0.1) is 5.10 Å². The lowest BCUT2D eigenvalue weighted by molar-refractivity contribution is -0.135. The van der Waals surface area contributed by atoms with Crippen LogP contribution in [0.3, 0.4) is 0 Å². The maximum Gasteiger partial charge on any atom is 0.263 e. The number of nitrogens with zero attached hydrogens (tertiary/aromatic N) is 2. The molecule has 2 aromatic rings. The minimum absolute atomic E-state index is 0.128. The summed E-state index contributed by atoms with van der Waals surface area (Å²) in [7, 11) is 1.68. The third-order valence-corrected chi connectivity index (χ3v) is 5.47. The molecule has 1 fully saturated rings. The highest BCUT2D eigenvalue weighted by Gasteiger charge is 2.33. The molecule has 166 valence electrons. The van der Waals surface area contributed by atoms with Crippen LogP contribution >= 0.6 is 0 Å². The fourth-order valence-electron chi connectivity index (χ4n) is 3.57. The molecule has 2 heterocycles. The van der Waals surface area contributed by atoms with Crippen molar-refractivity contribution in [1.82, 2.24) is 15.1 Å². The summed E-state index contributed by atoms with van der Waals surface area (Å²) in [5, 5.41) is 8.74. The number of ether oxygens (including phenoxy) is 3. The van der Waals surface area contributed by atoms with Crippen LogP contribution < -0.4 is 10.1 Å². The molecule has 3 rings (SSSR count). The topological polar surface area (TPSA) is 74.6 Å². The molecule has 7 nitrogen and oxygen atoms in total. The standard InChI is InChI=1S/C23H35N3O4/c1-16(2)8-11-26-20-7-6-17(15-28-5)14-19(20)21(25-26)30-23(3,4)22(27)24-18-9-12-29-13-10-18/h6-7,14,16,18H,8-13,15H2,1-5H3,(H,24,27). The summed E-state index contributed by atoms with van der Waals surface area (Å²) < 4.78 is 18.9. The number of aryl methyl sites for hydroxylation is 1. The van der Waals surface area contributed by atoms with E-state index in [1.807, 2.05) is 16.8 Å². The Kier molecular flexibility index (Phi) is 7.36. The molecule has 0 spiro atoms. The monoisotopic (exact) mass is 417 g/mol. The first-order valence-corrected chi connectivity index (χ1v) is 10.9. The van der Waals surface area contributed by atoms with E-state index in [0.29, 0.717) is 31.6 Å². The van der Waals surface area contributed by atoms with Gasteiger partial charge in [-0.05, 0) is 56.7 Å². The lowest BCUT2D eigenvalue weighted by Crippen LogP contribution is -2.51. The van der Waals surface area contributed by atoms with Crippen molar-refractivity contribution in [3.63, 3.8) is 0 Å². The molecular weight excluding hydrogens is 382 g/mol. The van der Waals surface area contributed by atoms with Crippen molar-refractivity contribution in [3.8, 4) is 5.88 Å². The summed E-state index contributed by atoms with van der Waals surface area (Å²) in [5.41, 5.74) is 1.01. The number of amides is 1. The van der Waals surface area contributed by atoms with E-state index in [-0.39, 0.29) is 11.9 Å². The number of carbonyl (C=O) groups excluding carboxylic acids is 1. The van der Waals surface area contributed by atoms with E-state index >= 15 is 0 Å². The quantitative estimate of drug-likeness (QED) is 0.674.